The molecule has 1 N–H and O–H groups in total. The molecule has 1 atom stereocenters. The smallest absolute Gasteiger partial charge is 1.00 e. The molecule has 0 spiro atoms. The molecule has 24 heavy (non-hydrogen) atoms. The normalized spacial score (nSPS) is 9.88. The molecular formula is C19H25Cl2NSiTi. The molecule has 0 aromatic heterocycles. The van der Waals surface area contributed by atoms with E-state index < -0.39 is 0 Å². The van der Waals surface area contributed by atoms with Crippen LogP contribution < -0.4 is 24.8 Å². The molecule has 0 aliphatic heterocycles. The van der Waals surface area contributed by atoms with Crippen LogP contribution in [0.4, 0.5) is 0 Å². The third-order valence-corrected chi connectivity index (χ3v) is 3.14. The third kappa shape index (κ3) is 9.31. The van der Waals surface area contributed by atoms with Crippen molar-refractivity contribution >= 4 is 31.1 Å². The summed E-state index contributed by atoms with van der Waals surface area (Å²) in [6.45, 7) is 8.21. The molecule has 0 amide bonds. The zero-order valence-corrected chi connectivity index (χ0v) is 18.8. The average Bonchev–Trinajstić information content (AvgIpc) is 2.87. The topological polar surface area (TPSA) is 23.8 Å². The van der Waals surface area contributed by atoms with Crippen molar-refractivity contribution < 1.29 is 46.5 Å². The van der Waals surface area contributed by atoms with Crippen LogP contribution in [0.1, 0.15) is 20.3 Å². The molecule has 0 saturated heterocycles. The van der Waals surface area contributed by atoms with Gasteiger partial charge >= 0.3 is 21.7 Å². The summed E-state index contributed by atoms with van der Waals surface area (Å²) in [6, 6.07) is 19.4. The van der Waals surface area contributed by atoms with Gasteiger partial charge in [-0.15, -0.1) is 45.8 Å². The second kappa shape index (κ2) is 16.3. The van der Waals surface area contributed by atoms with E-state index in [0.717, 1.165) is 15.9 Å². The summed E-state index contributed by atoms with van der Waals surface area (Å²) < 4.78 is 0. The van der Waals surface area contributed by atoms with Crippen molar-refractivity contribution in [3.63, 3.8) is 0 Å². The zero-order valence-electron chi connectivity index (χ0n) is 14.7. The molecule has 0 saturated carbocycles. The predicted octanol–water partition coefficient (Wildman–Crippen LogP) is 0.341. The maximum absolute atomic E-state index is 6.83. The van der Waals surface area contributed by atoms with Gasteiger partial charge in [-0.05, 0) is 0 Å². The van der Waals surface area contributed by atoms with E-state index in [1.807, 2.05) is 13.8 Å². The molecule has 3 aromatic carbocycles. The van der Waals surface area contributed by atoms with E-state index in [1.54, 1.807) is 0 Å². The van der Waals surface area contributed by atoms with Crippen LogP contribution in [-0.4, -0.2) is 15.6 Å². The van der Waals surface area contributed by atoms with Gasteiger partial charge in [-0.3, -0.25) is 0 Å². The first-order valence-electron chi connectivity index (χ1n) is 7.46. The summed E-state index contributed by atoms with van der Waals surface area (Å²) >= 11 is 0. The molecule has 0 aliphatic carbocycles. The van der Waals surface area contributed by atoms with Gasteiger partial charge in [-0.2, -0.15) is 0 Å². The molecule has 1 unspecified atom stereocenters. The van der Waals surface area contributed by atoms with Crippen molar-refractivity contribution in [2.45, 2.75) is 39.4 Å². The number of nitrogens with one attached hydrogen (secondary N) is 1. The maximum Gasteiger partial charge on any atom is 4.00 e. The van der Waals surface area contributed by atoms with Crippen molar-refractivity contribution in [1.29, 1.82) is 0 Å². The first kappa shape index (κ1) is 28.6. The Labute approximate surface area is 176 Å². The number of benzene rings is 2. The van der Waals surface area contributed by atoms with Crippen LogP contribution >= 0.6 is 0 Å². The fraction of sp³-hybridized carbons (Fsp3) is 0.316. The minimum atomic E-state index is 0. The number of rotatable bonds is 1. The summed E-state index contributed by atoms with van der Waals surface area (Å²) in [6.07, 6.45) is 0.972. The van der Waals surface area contributed by atoms with Gasteiger partial charge in [0, 0.05) is 9.52 Å². The number of halogens is 2. The van der Waals surface area contributed by atoms with Crippen LogP contribution in [0.5, 0.6) is 0 Å². The molecule has 3 aromatic rings. The average molecular weight is 414 g/mol. The molecular weight excluding hydrogens is 389 g/mol. The Bertz CT molecular complexity index is 605. The van der Waals surface area contributed by atoms with Gasteiger partial charge in [0.05, 0.1) is 0 Å². The Kier molecular flexibility index (Phi) is 19.4. The van der Waals surface area contributed by atoms with E-state index in [2.05, 4.69) is 67.7 Å². The van der Waals surface area contributed by atoms with Crippen LogP contribution in [0.25, 0.3) is 27.3 Å². The molecule has 5 heteroatoms. The number of fused-ring (bicyclic) bond motifs is 3. The molecule has 0 aliphatic rings. The standard InChI is InChI=1S/C13H9.C4H10N.C2H6Si.2ClH.Ti/c1-3-7-12-10(5-1)9-11-6-2-4-8-13(11)12;1-3-4(2)5;1-3-2;;;/h1-9H;4-5H,3H2,1-2H3;1-2H3;2*1H;/q2*-1;;;;+4/p-2. The van der Waals surface area contributed by atoms with Gasteiger partial charge in [-0.1, -0.05) is 69.8 Å². The molecule has 128 valence electrons. The Morgan fingerprint density at radius 1 is 0.917 bits per heavy atom. The Morgan fingerprint density at radius 2 is 1.21 bits per heavy atom. The van der Waals surface area contributed by atoms with Gasteiger partial charge in [-0.25, -0.2) is 0 Å². The van der Waals surface area contributed by atoms with Crippen molar-refractivity contribution in [1.82, 2.24) is 0 Å². The van der Waals surface area contributed by atoms with E-state index in [-0.39, 0.29) is 52.6 Å². The van der Waals surface area contributed by atoms with Crippen LogP contribution in [0, 0.1) is 0 Å². The van der Waals surface area contributed by atoms with Crippen LogP contribution in [0.3, 0.4) is 0 Å². The summed E-state index contributed by atoms with van der Waals surface area (Å²) in [7, 11) is 1.08. The molecule has 0 bridgehead atoms. The van der Waals surface area contributed by atoms with Crippen molar-refractivity contribution in [2.24, 2.45) is 0 Å². The SMILES string of the molecule is CCC(C)[NH-].C[Si]C.[Cl-].[Cl-].[Ti+4].c1ccc2c(c1)[cH-]c1ccccc12. The summed E-state index contributed by atoms with van der Waals surface area (Å²) in [5.41, 5.74) is 6.83. The van der Waals surface area contributed by atoms with Gasteiger partial charge < -0.3 is 30.5 Å². The molecule has 1 nitrogen and oxygen atoms in total. The minimum absolute atomic E-state index is 0. The Balaban J connectivity index is -0.000000351. The monoisotopic (exact) mass is 413 g/mol. The zero-order chi connectivity index (χ0) is 15.7. The fourth-order valence-corrected chi connectivity index (χ4v) is 1.90. The van der Waals surface area contributed by atoms with Crippen molar-refractivity contribution in [3.05, 3.63) is 60.3 Å². The van der Waals surface area contributed by atoms with E-state index >= 15 is 0 Å². The quantitative estimate of drug-likeness (QED) is 0.405. The van der Waals surface area contributed by atoms with Gasteiger partial charge in [0.1, 0.15) is 0 Å². The first-order chi connectivity index (χ1) is 10.1. The second-order valence-corrected chi connectivity index (χ2v) is 6.13. The van der Waals surface area contributed by atoms with Crippen LogP contribution in [0.2, 0.25) is 13.1 Å². The minimum Gasteiger partial charge on any atom is -1.00 e. The summed E-state index contributed by atoms with van der Waals surface area (Å²) in [5.74, 6) is 0. The molecule has 0 heterocycles. The van der Waals surface area contributed by atoms with Crippen LogP contribution in [0.15, 0.2) is 54.6 Å². The predicted molar refractivity (Wildman–Crippen MR) is 98.6 cm³/mol. The number of hydrogen-bond acceptors (Lipinski definition) is 0. The van der Waals surface area contributed by atoms with E-state index in [0.29, 0.717) is 0 Å². The van der Waals surface area contributed by atoms with Gasteiger partial charge in [0.15, 0.2) is 0 Å². The first-order valence-corrected chi connectivity index (χ1v) is 9.46. The third-order valence-electron chi connectivity index (χ3n) is 3.14. The Morgan fingerprint density at radius 3 is 1.50 bits per heavy atom. The van der Waals surface area contributed by atoms with Crippen molar-refractivity contribution in [3.8, 4) is 0 Å². The molecule has 2 radical (unpaired) electrons. The Hall–Kier alpha value is -0.219. The largest absolute Gasteiger partial charge is 4.00 e. The second-order valence-electron chi connectivity index (χ2n) is 5.13. The van der Waals surface area contributed by atoms with E-state index in [9.17, 15) is 0 Å². The summed E-state index contributed by atoms with van der Waals surface area (Å²) in [4.78, 5) is 0. The van der Waals surface area contributed by atoms with Crippen LogP contribution in [-0.2, 0) is 21.7 Å². The van der Waals surface area contributed by atoms with Gasteiger partial charge in [0.25, 0.3) is 0 Å². The molecule has 3 rings (SSSR count). The fourth-order valence-electron chi connectivity index (χ4n) is 1.90. The molecule has 0 fully saturated rings. The van der Waals surface area contributed by atoms with Gasteiger partial charge in [0.2, 0.25) is 0 Å². The summed E-state index contributed by atoms with van der Waals surface area (Å²) in [5, 5.41) is 5.39. The number of hydrogen-bond donors (Lipinski definition) is 0. The maximum atomic E-state index is 6.83. The van der Waals surface area contributed by atoms with E-state index in [4.69, 9.17) is 5.73 Å². The van der Waals surface area contributed by atoms with Crippen molar-refractivity contribution in [2.75, 3.05) is 0 Å². The van der Waals surface area contributed by atoms with E-state index in [1.165, 1.54) is 21.5 Å².